The Kier molecular flexibility index (Phi) is 5.51. The Bertz CT molecular complexity index is 909. The van der Waals surface area contributed by atoms with Gasteiger partial charge in [0, 0.05) is 43.7 Å². The maximum Gasteiger partial charge on any atom is 0.451 e. The van der Waals surface area contributed by atoms with Crippen LogP contribution in [0.15, 0.2) is 24.7 Å². The average Bonchev–Trinajstić information content (AvgIpc) is 3.11. The minimum Gasteiger partial charge on any atom is -0.351 e. The lowest BCUT2D eigenvalue weighted by Gasteiger charge is -2.12. The molecule has 0 saturated carbocycles. The average molecular weight is 394 g/mol. The molecule has 0 aromatic carbocycles. The van der Waals surface area contributed by atoms with Crippen molar-refractivity contribution in [3.63, 3.8) is 0 Å². The Labute approximate surface area is 156 Å². The number of amides is 1. The Morgan fingerprint density at radius 3 is 2.57 bits per heavy atom. The maximum absolute atomic E-state index is 13.2. The molecule has 0 unspecified atom stereocenters. The molecule has 1 aliphatic rings. The molecule has 0 bridgehead atoms. The number of carbonyl (C=O) groups is 1. The molecule has 0 spiro atoms. The molecule has 2 aromatic rings. The van der Waals surface area contributed by atoms with Gasteiger partial charge in [-0.2, -0.15) is 18.4 Å². The molecule has 1 amide bonds. The second kappa shape index (κ2) is 7.85. The molecular formula is C17H14F4N6O. The number of nitriles is 1. The van der Waals surface area contributed by atoms with Crippen LogP contribution in [0.3, 0.4) is 0 Å². The number of nitrogens with zero attached hydrogens (tertiary/aromatic N) is 4. The lowest BCUT2D eigenvalue weighted by molar-refractivity contribution is -0.145. The van der Waals surface area contributed by atoms with E-state index in [0.717, 1.165) is 12.4 Å². The van der Waals surface area contributed by atoms with Crippen molar-refractivity contribution < 1.29 is 22.4 Å². The first kappa shape index (κ1) is 19.6. The van der Waals surface area contributed by atoms with Crippen LogP contribution in [0.1, 0.15) is 23.4 Å². The summed E-state index contributed by atoms with van der Waals surface area (Å²) in [6.07, 6.45) is -2.45. The van der Waals surface area contributed by atoms with E-state index in [4.69, 9.17) is 0 Å². The summed E-state index contributed by atoms with van der Waals surface area (Å²) in [4.78, 5) is 22.7. The fourth-order valence-electron chi connectivity index (χ4n) is 2.71. The van der Waals surface area contributed by atoms with Crippen molar-refractivity contribution >= 4 is 5.91 Å². The van der Waals surface area contributed by atoms with Crippen molar-refractivity contribution in [2.24, 2.45) is 0 Å². The molecule has 11 heteroatoms. The Hall–Kier alpha value is -3.13. The number of carbonyl (C=O) groups excluding carboxylic acids is 1. The smallest absolute Gasteiger partial charge is 0.351 e. The highest BCUT2D eigenvalue weighted by molar-refractivity contribution is 5.82. The first-order valence-electron chi connectivity index (χ1n) is 8.21. The minimum absolute atomic E-state index is 0.0200. The van der Waals surface area contributed by atoms with Crippen molar-refractivity contribution in [2.75, 3.05) is 6.54 Å². The van der Waals surface area contributed by atoms with Crippen LogP contribution >= 0.6 is 0 Å². The molecule has 0 aliphatic carbocycles. The van der Waals surface area contributed by atoms with Crippen LogP contribution in [0.4, 0.5) is 17.6 Å². The zero-order valence-electron chi connectivity index (χ0n) is 14.3. The fraction of sp³-hybridized carbons (Fsp3) is 0.353. The highest BCUT2D eigenvalue weighted by atomic mass is 19.4. The van der Waals surface area contributed by atoms with Gasteiger partial charge in [-0.1, -0.05) is 0 Å². The second-order valence-electron chi connectivity index (χ2n) is 6.14. The van der Waals surface area contributed by atoms with Gasteiger partial charge in [0.25, 0.3) is 0 Å². The highest BCUT2D eigenvalue weighted by Gasteiger charge is 2.34. The van der Waals surface area contributed by atoms with E-state index in [1.807, 2.05) is 6.07 Å². The number of hydrogen-bond donors (Lipinski definition) is 2. The Morgan fingerprint density at radius 2 is 2.00 bits per heavy atom. The van der Waals surface area contributed by atoms with Gasteiger partial charge in [0.1, 0.15) is 12.2 Å². The van der Waals surface area contributed by atoms with E-state index in [0.29, 0.717) is 5.56 Å². The molecule has 2 atom stereocenters. The normalized spacial score (nSPS) is 19.2. The monoisotopic (exact) mass is 394 g/mol. The van der Waals surface area contributed by atoms with Gasteiger partial charge in [0.05, 0.1) is 17.3 Å². The van der Waals surface area contributed by atoms with Crippen LogP contribution in [0.25, 0.3) is 11.3 Å². The summed E-state index contributed by atoms with van der Waals surface area (Å²) in [6.45, 7) is 0.0860. The Balaban J connectivity index is 1.76. The molecule has 7 nitrogen and oxygen atoms in total. The number of hydrogen-bond acceptors (Lipinski definition) is 6. The quantitative estimate of drug-likeness (QED) is 0.766. The third-order valence-electron chi connectivity index (χ3n) is 4.16. The molecule has 2 N–H and O–H groups in total. The Morgan fingerprint density at radius 1 is 1.29 bits per heavy atom. The van der Waals surface area contributed by atoms with Crippen molar-refractivity contribution in [3.8, 4) is 17.3 Å². The maximum atomic E-state index is 13.2. The summed E-state index contributed by atoms with van der Waals surface area (Å²) in [5, 5.41) is 14.6. The molecule has 2 aromatic heterocycles. The number of halogens is 4. The van der Waals surface area contributed by atoms with Crippen LogP contribution in [0.2, 0.25) is 0 Å². The summed E-state index contributed by atoms with van der Waals surface area (Å²) < 4.78 is 50.9. The zero-order valence-corrected chi connectivity index (χ0v) is 14.3. The van der Waals surface area contributed by atoms with Crippen LogP contribution in [0.5, 0.6) is 0 Å². The van der Waals surface area contributed by atoms with E-state index in [9.17, 15) is 27.6 Å². The number of nitrogens with one attached hydrogen (secondary N) is 2. The molecule has 3 rings (SSSR count). The molecular weight excluding hydrogens is 380 g/mol. The van der Waals surface area contributed by atoms with Gasteiger partial charge in [-0.3, -0.25) is 9.78 Å². The molecule has 3 heterocycles. The topological polar surface area (TPSA) is 104 Å². The van der Waals surface area contributed by atoms with E-state index < -0.39 is 30.1 Å². The summed E-state index contributed by atoms with van der Waals surface area (Å²) >= 11 is 0. The number of aromatic nitrogens is 3. The predicted molar refractivity (Wildman–Crippen MR) is 88.1 cm³/mol. The van der Waals surface area contributed by atoms with E-state index in [1.54, 1.807) is 0 Å². The van der Waals surface area contributed by atoms with Gasteiger partial charge in [-0.25, -0.2) is 14.4 Å². The fourth-order valence-corrected chi connectivity index (χ4v) is 2.71. The minimum atomic E-state index is -4.65. The molecule has 28 heavy (non-hydrogen) atoms. The van der Waals surface area contributed by atoms with Crippen molar-refractivity contribution in [1.29, 1.82) is 5.26 Å². The van der Waals surface area contributed by atoms with Gasteiger partial charge in [0.15, 0.2) is 0 Å². The van der Waals surface area contributed by atoms with Crippen LogP contribution in [0, 0.1) is 11.3 Å². The number of rotatable bonds is 4. The van der Waals surface area contributed by atoms with Gasteiger partial charge < -0.3 is 10.6 Å². The van der Waals surface area contributed by atoms with Crippen LogP contribution < -0.4 is 10.6 Å². The summed E-state index contributed by atoms with van der Waals surface area (Å²) in [5.74, 6) is -1.67. The van der Waals surface area contributed by atoms with Gasteiger partial charge in [-0.15, -0.1) is 0 Å². The van der Waals surface area contributed by atoms with Crippen molar-refractivity contribution in [1.82, 2.24) is 25.6 Å². The molecule has 146 valence electrons. The highest BCUT2D eigenvalue weighted by Crippen LogP contribution is 2.27. The van der Waals surface area contributed by atoms with Gasteiger partial charge in [0.2, 0.25) is 11.7 Å². The lowest BCUT2D eigenvalue weighted by atomic mass is 10.1. The second-order valence-corrected chi connectivity index (χ2v) is 6.14. The summed E-state index contributed by atoms with van der Waals surface area (Å²) in [7, 11) is 0. The SMILES string of the molecule is N#Cc1cnc(-c2cnc(C(F)(F)F)nc2)cc1CNC(=O)[C@@H]1C[C@@H](F)CN1. The third-order valence-corrected chi connectivity index (χ3v) is 4.16. The van der Waals surface area contributed by atoms with Crippen LogP contribution in [-0.2, 0) is 17.5 Å². The molecule has 1 fully saturated rings. The predicted octanol–water partition coefficient (Wildman–Crippen LogP) is 1.75. The van der Waals surface area contributed by atoms with Gasteiger partial charge >= 0.3 is 6.18 Å². The van der Waals surface area contributed by atoms with Gasteiger partial charge in [-0.05, 0) is 11.6 Å². The van der Waals surface area contributed by atoms with E-state index >= 15 is 0 Å². The largest absolute Gasteiger partial charge is 0.451 e. The zero-order chi connectivity index (χ0) is 20.3. The molecule has 0 radical (unpaired) electrons. The summed E-state index contributed by atoms with van der Waals surface area (Å²) in [6, 6.07) is 2.75. The van der Waals surface area contributed by atoms with E-state index in [-0.39, 0.29) is 36.3 Å². The third kappa shape index (κ3) is 4.40. The van der Waals surface area contributed by atoms with E-state index in [1.165, 1.54) is 12.3 Å². The van der Waals surface area contributed by atoms with Crippen molar-refractivity contribution in [2.45, 2.75) is 31.4 Å². The first-order valence-corrected chi connectivity index (χ1v) is 8.21. The van der Waals surface area contributed by atoms with Crippen molar-refractivity contribution in [3.05, 3.63) is 41.6 Å². The standard InChI is InChI=1S/C17H14F4N6O/c18-12-2-14(24-8-12)15(28)25-4-9-1-13(23-5-10(9)3-22)11-6-26-16(27-7-11)17(19,20)21/h1,5-7,12,14,24H,2,4,8H2,(H,25,28)/t12-,14+/m1/s1. The first-order chi connectivity index (χ1) is 13.3. The number of alkyl halides is 4. The molecule has 1 saturated heterocycles. The van der Waals surface area contributed by atoms with Crippen LogP contribution in [-0.4, -0.2) is 39.6 Å². The molecule has 1 aliphatic heterocycles. The lowest BCUT2D eigenvalue weighted by Crippen LogP contribution is -2.40. The number of pyridine rings is 1. The summed E-state index contributed by atoms with van der Waals surface area (Å²) in [5.41, 5.74) is 1.08. The van der Waals surface area contributed by atoms with E-state index in [2.05, 4.69) is 25.6 Å².